The van der Waals surface area contributed by atoms with Crippen molar-refractivity contribution in [3.63, 3.8) is 0 Å². The Balaban J connectivity index is 1.48. The Kier molecular flexibility index (Phi) is 8.38. The summed E-state index contributed by atoms with van der Waals surface area (Å²) in [7, 11) is 0. The van der Waals surface area contributed by atoms with E-state index in [4.69, 9.17) is 9.47 Å². The van der Waals surface area contributed by atoms with Crippen molar-refractivity contribution in [2.24, 2.45) is 17.8 Å². The van der Waals surface area contributed by atoms with Gasteiger partial charge in [0.15, 0.2) is 0 Å². The molecule has 3 heteroatoms. The van der Waals surface area contributed by atoms with Crippen LogP contribution in [-0.2, 0) is 15.1 Å². The Morgan fingerprint density at radius 1 is 0.632 bits per heavy atom. The zero-order valence-electron chi connectivity index (χ0n) is 22.8. The van der Waals surface area contributed by atoms with Crippen LogP contribution >= 0.6 is 11.8 Å². The van der Waals surface area contributed by atoms with Gasteiger partial charge in [-0.1, -0.05) is 141 Å². The molecule has 0 amide bonds. The number of ether oxygens (including phenoxy) is 2. The summed E-state index contributed by atoms with van der Waals surface area (Å²) < 4.78 is 14.0. The molecule has 1 fully saturated rings. The Labute approximate surface area is 232 Å². The van der Waals surface area contributed by atoms with E-state index in [1.54, 1.807) is 0 Å². The van der Waals surface area contributed by atoms with Crippen molar-refractivity contribution in [2.75, 3.05) is 6.61 Å². The van der Waals surface area contributed by atoms with Crippen LogP contribution < -0.4 is 0 Å². The van der Waals surface area contributed by atoms with Crippen molar-refractivity contribution in [1.82, 2.24) is 0 Å². The van der Waals surface area contributed by atoms with E-state index in [-0.39, 0.29) is 11.5 Å². The second-order valence-electron chi connectivity index (χ2n) is 10.6. The van der Waals surface area contributed by atoms with Crippen LogP contribution in [0.2, 0.25) is 0 Å². The van der Waals surface area contributed by atoms with Gasteiger partial charge in [-0.3, -0.25) is 0 Å². The van der Waals surface area contributed by atoms with E-state index in [0.29, 0.717) is 24.4 Å². The highest BCUT2D eigenvalue weighted by atomic mass is 32.2. The zero-order chi connectivity index (χ0) is 26.5. The van der Waals surface area contributed by atoms with E-state index in [0.717, 1.165) is 16.7 Å². The third-order valence-electron chi connectivity index (χ3n) is 8.26. The molecule has 1 heterocycles. The first-order valence-electron chi connectivity index (χ1n) is 13.7. The number of hydrogen-bond acceptors (Lipinski definition) is 3. The molecule has 1 aliphatic heterocycles. The van der Waals surface area contributed by atoms with Crippen LogP contribution in [-0.4, -0.2) is 18.1 Å². The Hall–Kier alpha value is -2.85. The molecule has 4 aromatic rings. The van der Waals surface area contributed by atoms with Gasteiger partial charge in [0, 0.05) is 4.90 Å². The van der Waals surface area contributed by atoms with Crippen LogP contribution in [0.4, 0.5) is 0 Å². The van der Waals surface area contributed by atoms with Crippen LogP contribution in [0.15, 0.2) is 120 Å². The summed E-state index contributed by atoms with van der Waals surface area (Å²) in [6.07, 6.45) is -0.0142. The topological polar surface area (TPSA) is 18.5 Å². The molecule has 0 radical (unpaired) electrons. The first-order valence-corrected chi connectivity index (χ1v) is 14.6. The summed E-state index contributed by atoms with van der Waals surface area (Å²) in [5, 5.41) is 0. The van der Waals surface area contributed by atoms with E-state index in [9.17, 15) is 0 Å². The van der Waals surface area contributed by atoms with Crippen LogP contribution in [0.1, 0.15) is 43.0 Å². The van der Waals surface area contributed by atoms with Crippen LogP contribution in [0, 0.1) is 24.7 Å². The van der Waals surface area contributed by atoms with Gasteiger partial charge < -0.3 is 9.47 Å². The van der Waals surface area contributed by atoms with Gasteiger partial charge in [0.1, 0.15) is 11.0 Å². The summed E-state index contributed by atoms with van der Waals surface area (Å²) >= 11 is 1.84. The lowest BCUT2D eigenvalue weighted by Crippen LogP contribution is -2.47. The summed E-state index contributed by atoms with van der Waals surface area (Å²) in [4.78, 5) is 1.25. The molecule has 2 unspecified atom stereocenters. The monoisotopic (exact) mass is 522 g/mol. The molecular weight excluding hydrogens is 484 g/mol. The first kappa shape index (κ1) is 26.7. The fraction of sp³-hybridized carbons (Fsp3) is 0.314. The van der Waals surface area contributed by atoms with Crippen LogP contribution in [0.3, 0.4) is 0 Å². The second-order valence-corrected chi connectivity index (χ2v) is 11.8. The second kappa shape index (κ2) is 11.9. The van der Waals surface area contributed by atoms with Gasteiger partial charge in [-0.2, -0.15) is 0 Å². The van der Waals surface area contributed by atoms with Crippen molar-refractivity contribution in [3.05, 3.63) is 138 Å². The summed E-state index contributed by atoms with van der Waals surface area (Å²) in [6, 6.07) is 40.5. The van der Waals surface area contributed by atoms with Crippen LogP contribution in [0.5, 0.6) is 0 Å². The van der Waals surface area contributed by atoms with Crippen molar-refractivity contribution in [1.29, 1.82) is 0 Å². The van der Waals surface area contributed by atoms with Gasteiger partial charge in [0.2, 0.25) is 0 Å². The van der Waals surface area contributed by atoms with Gasteiger partial charge in [-0.25, -0.2) is 0 Å². The number of rotatable bonds is 8. The fourth-order valence-corrected chi connectivity index (χ4v) is 6.76. The minimum Gasteiger partial charge on any atom is -0.361 e. The Bertz CT molecular complexity index is 1180. The van der Waals surface area contributed by atoms with Crippen molar-refractivity contribution in [3.8, 4) is 0 Å². The minimum atomic E-state index is -0.737. The number of hydrogen-bond donors (Lipinski definition) is 0. The maximum absolute atomic E-state index is 7.16. The molecule has 0 bridgehead atoms. The van der Waals surface area contributed by atoms with E-state index < -0.39 is 5.60 Å². The molecule has 38 heavy (non-hydrogen) atoms. The Morgan fingerprint density at radius 3 is 1.58 bits per heavy atom. The van der Waals surface area contributed by atoms with Crippen molar-refractivity contribution >= 4 is 11.8 Å². The average Bonchev–Trinajstić information content (AvgIpc) is 2.97. The molecule has 196 valence electrons. The molecule has 0 saturated carbocycles. The van der Waals surface area contributed by atoms with E-state index in [1.807, 2.05) is 11.8 Å². The minimum absolute atomic E-state index is 0.0142. The van der Waals surface area contributed by atoms with Gasteiger partial charge in [-0.05, 0) is 53.5 Å². The predicted molar refractivity (Wildman–Crippen MR) is 158 cm³/mol. The quantitative estimate of drug-likeness (QED) is 0.216. The van der Waals surface area contributed by atoms with Gasteiger partial charge in [-0.15, -0.1) is 0 Å². The fourth-order valence-electron chi connectivity index (χ4n) is 5.54. The molecule has 0 aromatic heterocycles. The maximum Gasteiger partial charge on any atom is 0.143 e. The largest absolute Gasteiger partial charge is 0.361 e. The highest BCUT2D eigenvalue weighted by Gasteiger charge is 2.43. The van der Waals surface area contributed by atoms with Gasteiger partial charge >= 0.3 is 0 Å². The molecule has 0 aliphatic carbocycles. The van der Waals surface area contributed by atoms with Gasteiger partial charge in [0.25, 0.3) is 0 Å². The highest BCUT2D eigenvalue weighted by Crippen LogP contribution is 2.45. The lowest BCUT2D eigenvalue weighted by Gasteiger charge is -2.45. The third kappa shape index (κ3) is 5.47. The molecule has 4 aromatic carbocycles. The van der Waals surface area contributed by atoms with E-state index >= 15 is 0 Å². The molecule has 5 atom stereocenters. The van der Waals surface area contributed by atoms with Gasteiger partial charge in [0.05, 0.1) is 12.7 Å². The normalized spacial score (nSPS) is 23.7. The maximum atomic E-state index is 7.16. The average molecular weight is 523 g/mol. The molecule has 1 saturated heterocycles. The molecule has 5 rings (SSSR count). The molecule has 0 spiro atoms. The van der Waals surface area contributed by atoms with Crippen LogP contribution in [0.25, 0.3) is 0 Å². The smallest absolute Gasteiger partial charge is 0.143 e. The summed E-state index contributed by atoms with van der Waals surface area (Å²) in [5.41, 5.74) is 3.98. The third-order valence-corrected chi connectivity index (χ3v) is 9.58. The lowest BCUT2D eigenvalue weighted by atomic mass is 9.78. The lowest BCUT2D eigenvalue weighted by molar-refractivity contribution is -0.141. The summed E-state index contributed by atoms with van der Waals surface area (Å²) in [6.45, 7) is 9.64. The predicted octanol–water partition coefficient (Wildman–Crippen LogP) is 8.73. The molecule has 0 N–H and O–H groups in total. The Morgan fingerprint density at radius 2 is 1.11 bits per heavy atom. The molecule has 1 aliphatic rings. The van der Waals surface area contributed by atoms with Crippen molar-refractivity contribution < 1.29 is 9.47 Å². The molecular formula is C35H38O2S. The zero-order valence-corrected chi connectivity index (χ0v) is 23.6. The SMILES string of the molecule is Cc1ccc(S[C@@H]2OC(COC(c3ccccc3)(c3ccccc3)c3ccccc3)[C@H](C)[C@H](C)C2C)cc1. The van der Waals surface area contributed by atoms with E-state index in [2.05, 4.69) is 143 Å². The first-order chi connectivity index (χ1) is 18.5. The number of thioether (sulfide) groups is 1. The van der Waals surface area contributed by atoms with Crippen molar-refractivity contribution in [2.45, 2.75) is 49.7 Å². The summed E-state index contributed by atoms with van der Waals surface area (Å²) in [5.74, 6) is 1.33. The standard InChI is InChI=1S/C35H38O2S/c1-25-20-22-32(23-21-25)38-34-28(4)26(2)27(3)33(37-34)24-36-35(29-14-8-5-9-15-29,30-16-10-6-11-17-30)31-18-12-7-13-19-31/h5-23,26-28,33-34H,24H2,1-4H3/t26-,27+,28?,33?,34-/m0/s1. The number of benzene rings is 4. The van der Waals surface area contributed by atoms with E-state index in [1.165, 1.54) is 10.5 Å². The molecule has 2 nitrogen and oxygen atoms in total. The number of aryl methyl sites for hydroxylation is 1. The highest BCUT2D eigenvalue weighted by molar-refractivity contribution is 7.99.